The fourth-order valence-electron chi connectivity index (χ4n) is 2.44. The molecule has 2 aromatic rings. The van der Waals surface area contributed by atoms with Crippen LogP contribution in [0.3, 0.4) is 0 Å². The van der Waals surface area contributed by atoms with Crippen LogP contribution in [0.25, 0.3) is 11.1 Å². The van der Waals surface area contributed by atoms with Crippen molar-refractivity contribution < 1.29 is 37.4 Å². The Balaban J connectivity index is 0. The van der Waals surface area contributed by atoms with Crippen molar-refractivity contribution in [2.75, 3.05) is 6.61 Å². The fraction of sp³-hybridized carbons (Fsp3) is 0.381. The minimum absolute atomic E-state index is 0. The monoisotopic (exact) mass is 432 g/mol. The summed E-state index contributed by atoms with van der Waals surface area (Å²) in [6, 6.07) is 7.84. The van der Waals surface area contributed by atoms with E-state index in [4.69, 9.17) is 4.74 Å². The first-order valence-electron chi connectivity index (χ1n) is 8.57. The molecule has 1 heterocycles. The summed E-state index contributed by atoms with van der Waals surface area (Å²) in [7, 11) is 0. The topological polar surface area (TPSA) is 44.1 Å². The molecule has 1 aromatic carbocycles. The van der Waals surface area contributed by atoms with Crippen molar-refractivity contribution in [3.05, 3.63) is 66.0 Å². The number of nitrogens with zero attached hydrogens (tertiary/aromatic N) is 2. The van der Waals surface area contributed by atoms with E-state index < -0.39 is 0 Å². The molecule has 0 amide bonds. The van der Waals surface area contributed by atoms with E-state index in [0.717, 1.165) is 16.8 Å². The number of rotatable bonds is 6. The molecule has 0 N–H and O–H groups in total. The standard InChI is InChI=1S/C18H22N2O2.C2H6.CH3.Y/c1-5-12-22-17-15(6-2)19-20(7-3)18(21)16(17)14-11-9-8-10-13(14)4;1-2;;/h5,8-11H,1,6-7,12H2,2-4H3;1-2H3;1H3;/q;;-1;. The van der Waals surface area contributed by atoms with Gasteiger partial charge in [-0.3, -0.25) is 4.79 Å². The molecule has 2 rings (SSSR count). The van der Waals surface area contributed by atoms with Crippen LogP contribution in [0.4, 0.5) is 0 Å². The molecule has 0 unspecified atom stereocenters. The zero-order chi connectivity index (χ0) is 18.1. The number of aromatic nitrogens is 2. The maximum Gasteiger partial charge on any atom is 0.278 e. The smallest absolute Gasteiger partial charge is 0.278 e. The molecule has 0 fully saturated rings. The van der Waals surface area contributed by atoms with Crippen LogP contribution in [0.5, 0.6) is 5.75 Å². The Bertz CT molecular complexity index is 739. The summed E-state index contributed by atoms with van der Waals surface area (Å²) in [5.41, 5.74) is 3.20. The van der Waals surface area contributed by atoms with Gasteiger partial charge < -0.3 is 12.2 Å². The van der Waals surface area contributed by atoms with Crippen LogP contribution in [0.15, 0.2) is 41.7 Å². The molecule has 0 saturated carbocycles. The minimum atomic E-state index is -0.118. The maximum absolute atomic E-state index is 12.8. The van der Waals surface area contributed by atoms with E-state index in [1.807, 2.05) is 58.9 Å². The van der Waals surface area contributed by atoms with Gasteiger partial charge >= 0.3 is 0 Å². The molecule has 4 nitrogen and oxygen atoms in total. The van der Waals surface area contributed by atoms with E-state index in [-0.39, 0.29) is 45.7 Å². The van der Waals surface area contributed by atoms with Crippen LogP contribution in [0.2, 0.25) is 0 Å². The Kier molecular flexibility index (Phi) is 14.4. The summed E-state index contributed by atoms with van der Waals surface area (Å²) in [6.07, 6.45) is 2.37. The van der Waals surface area contributed by atoms with Gasteiger partial charge in [0.15, 0.2) is 5.75 Å². The molecule has 0 aliphatic carbocycles. The van der Waals surface area contributed by atoms with Gasteiger partial charge in [-0.2, -0.15) is 5.10 Å². The third-order valence-corrected chi connectivity index (χ3v) is 3.57. The SMILES string of the molecule is C=CCOc1c(CC)nn(CC)c(=O)c1-c1ccccc1C.CC.[CH3-].[Y]. The first-order chi connectivity index (χ1) is 11.6. The van der Waals surface area contributed by atoms with Gasteiger partial charge in [-0.1, -0.05) is 57.7 Å². The Hall–Kier alpha value is -1.26. The van der Waals surface area contributed by atoms with Gasteiger partial charge in [0.05, 0.1) is 5.56 Å². The molecule has 0 aliphatic heterocycles. The largest absolute Gasteiger partial charge is 0.487 e. The summed E-state index contributed by atoms with van der Waals surface area (Å²) in [6.45, 7) is 14.5. The molecular weight excluding hydrogens is 401 g/mol. The number of ether oxygens (including phenoxy) is 1. The molecule has 0 saturated heterocycles. The normalized spacial score (nSPS) is 9.12. The Morgan fingerprint density at radius 3 is 2.35 bits per heavy atom. The van der Waals surface area contributed by atoms with Gasteiger partial charge in [0.1, 0.15) is 12.3 Å². The van der Waals surface area contributed by atoms with Crippen molar-refractivity contribution in [3.8, 4) is 16.9 Å². The van der Waals surface area contributed by atoms with Crippen molar-refractivity contribution >= 4 is 0 Å². The van der Waals surface area contributed by atoms with Crippen LogP contribution in [0.1, 0.15) is 39.0 Å². The van der Waals surface area contributed by atoms with E-state index in [0.29, 0.717) is 30.9 Å². The average Bonchev–Trinajstić information content (AvgIpc) is 2.62. The summed E-state index contributed by atoms with van der Waals surface area (Å²) in [5.74, 6) is 0.575. The van der Waals surface area contributed by atoms with Crippen LogP contribution < -0.4 is 10.3 Å². The van der Waals surface area contributed by atoms with Crippen molar-refractivity contribution in [3.63, 3.8) is 0 Å². The van der Waals surface area contributed by atoms with Gasteiger partial charge in [0, 0.05) is 39.3 Å². The molecule has 0 bridgehead atoms. The van der Waals surface area contributed by atoms with Crippen LogP contribution in [-0.4, -0.2) is 16.4 Å². The van der Waals surface area contributed by atoms with Gasteiger partial charge in [-0.05, 0) is 31.4 Å². The van der Waals surface area contributed by atoms with Gasteiger partial charge in [-0.15, -0.1) is 0 Å². The van der Waals surface area contributed by atoms with Crippen molar-refractivity contribution in [2.45, 2.75) is 47.6 Å². The molecule has 0 spiro atoms. The van der Waals surface area contributed by atoms with Crippen LogP contribution in [0, 0.1) is 14.4 Å². The quantitative estimate of drug-likeness (QED) is 0.485. The van der Waals surface area contributed by atoms with Crippen molar-refractivity contribution in [1.29, 1.82) is 0 Å². The third kappa shape index (κ3) is 6.17. The zero-order valence-electron chi connectivity index (χ0n) is 17.0. The van der Waals surface area contributed by atoms with Crippen LogP contribution in [-0.2, 0) is 45.7 Å². The molecule has 0 atom stereocenters. The van der Waals surface area contributed by atoms with E-state index in [9.17, 15) is 4.79 Å². The molecular formula is C21H31N2O2Y-. The second-order valence-corrected chi connectivity index (χ2v) is 5.04. The molecule has 1 radical (unpaired) electrons. The number of hydrogen-bond donors (Lipinski definition) is 0. The molecule has 5 heteroatoms. The molecule has 0 aliphatic rings. The maximum atomic E-state index is 12.8. The molecule has 1 aromatic heterocycles. The summed E-state index contributed by atoms with van der Waals surface area (Å²) >= 11 is 0. The van der Waals surface area contributed by atoms with Crippen LogP contribution >= 0.6 is 0 Å². The number of benzene rings is 1. The third-order valence-electron chi connectivity index (χ3n) is 3.57. The van der Waals surface area contributed by atoms with Gasteiger partial charge in [0.2, 0.25) is 0 Å². The summed E-state index contributed by atoms with van der Waals surface area (Å²) in [5, 5.41) is 4.42. The van der Waals surface area contributed by atoms with Gasteiger partial charge in [0.25, 0.3) is 5.56 Å². The predicted molar refractivity (Wildman–Crippen MR) is 107 cm³/mol. The number of hydrogen-bond acceptors (Lipinski definition) is 3. The Labute approximate surface area is 183 Å². The zero-order valence-corrected chi connectivity index (χ0v) is 19.8. The molecule has 26 heavy (non-hydrogen) atoms. The first kappa shape index (κ1) is 27.0. The second-order valence-electron chi connectivity index (χ2n) is 5.04. The average molecular weight is 432 g/mol. The first-order valence-corrected chi connectivity index (χ1v) is 8.57. The Morgan fingerprint density at radius 1 is 1.23 bits per heavy atom. The van der Waals surface area contributed by atoms with E-state index >= 15 is 0 Å². The molecule has 141 valence electrons. The minimum Gasteiger partial charge on any atom is -0.487 e. The van der Waals surface area contributed by atoms with E-state index in [2.05, 4.69) is 11.7 Å². The van der Waals surface area contributed by atoms with Gasteiger partial charge in [-0.25, -0.2) is 4.68 Å². The van der Waals surface area contributed by atoms with E-state index in [1.165, 1.54) is 4.68 Å². The second kappa shape index (κ2) is 13.9. The van der Waals surface area contributed by atoms with Crippen molar-refractivity contribution in [1.82, 2.24) is 9.78 Å². The summed E-state index contributed by atoms with van der Waals surface area (Å²) in [4.78, 5) is 12.8. The number of aryl methyl sites for hydroxylation is 3. The van der Waals surface area contributed by atoms with E-state index in [1.54, 1.807) is 6.08 Å². The predicted octanol–water partition coefficient (Wildman–Crippen LogP) is 4.84. The Morgan fingerprint density at radius 2 is 1.85 bits per heavy atom. The summed E-state index contributed by atoms with van der Waals surface area (Å²) < 4.78 is 7.31. The fourth-order valence-corrected chi connectivity index (χ4v) is 2.44. The van der Waals surface area contributed by atoms with Crippen molar-refractivity contribution in [2.24, 2.45) is 0 Å².